The first-order valence-corrected chi connectivity index (χ1v) is 14.1. The lowest BCUT2D eigenvalue weighted by molar-refractivity contribution is -0.127. The normalized spacial score (nSPS) is 18.1. The van der Waals surface area contributed by atoms with Gasteiger partial charge in [-0.2, -0.15) is 19.6 Å². The van der Waals surface area contributed by atoms with Gasteiger partial charge in [0.05, 0.1) is 6.20 Å². The van der Waals surface area contributed by atoms with Crippen LogP contribution < -0.4 is 16.0 Å². The predicted molar refractivity (Wildman–Crippen MR) is 153 cm³/mol. The summed E-state index contributed by atoms with van der Waals surface area (Å²) < 4.78 is 7.23. The van der Waals surface area contributed by atoms with E-state index < -0.39 is 0 Å². The van der Waals surface area contributed by atoms with Gasteiger partial charge in [-0.25, -0.2) is 0 Å². The van der Waals surface area contributed by atoms with Crippen LogP contribution in [0.4, 0.5) is 11.9 Å². The van der Waals surface area contributed by atoms with Gasteiger partial charge >= 0.3 is 0 Å². The molecule has 11 heteroatoms. The maximum Gasteiger partial charge on any atom is 0.251 e. The Bertz CT molecular complexity index is 1360. The van der Waals surface area contributed by atoms with Crippen molar-refractivity contribution < 1.29 is 14.3 Å². The molecule has 2 fully saturated rings. The number of piperidine rings is 1. The van der Waals surface area contributed by atoms with Crippen molar-refractivity contribution in [3.8, 4) is 0 Å². The fourth-order valence-electron chi connectivity index (χ4n) is 5.20. The molecule has 2 aromatic heterocycles. The van der Waals surface area contributed by atoms with Crippen molar-refractivity contribution in [1.82, 2.24) is 29.8 Å². The van der Waals surface area contributed by atoms with Crippen LogP contribution in [0.15, 0.2) is 43.1 Å². The number of hydrogen-bond donors (Lipinski definition) is 3. The Morgan fingerprint density at radius 1 is 1.18 bits per heavy atom. The number of hydrogen-bond acceptors (Lipinski definition) is 8. The summed E-state index contributed by atoms with van der Waals surface area (Å²) in [5.74, 6) is 1.15. The second-order valence-corrected chi connectivity index (χ2v) is 10.7. The van der Waals surface area contributed by atoms with Crippen LogP contribution in [0.5, 0.6) is 0 Å². The first kappa shape index (κ1) is 27.6. The molecule has 2 aliphatic rings. The van der Waals surface area contributed by atoms with Crippen LogP contribution in [0.3, 0.4) is 0 Å². The lowest BCUT2D eigenvalue weighted by Crippen LogP contribution is -2.49. The van der Waals surface area contributed by atoms with Crippen molar-refractivity contribution in [2.75, 3.05) is 36.9 Å². The van der Waals surface area contributed by atoms with Crippen LogP contribution in [0.2, 0.25) is 0 Å². The van der Waals surface area contributed by atoms with E-state index in [1.54, 1.807) is 15.5 Å². The van der Waals surface area contributed by atoms with Gasteiger partial charge in [0.15, 0.2) is 5.65 Å². The molecule has 2 saturated heterocycles. The smallest absolute Gasteiger partial charge is 0.251 e. The highest BCUT2D eigenvalue weighted by Crippen LogP contribution is 2.23. The largest absolute Gasteiger partial charge is 0.381 e. The zero-order valence-electron chi connectivity index (χ0n) is 23.2. The number of amides is 2. The maximum absolute atomic E-state index is 13.1. The van der Waals surface area contributed by atoms with Gasteiger partial charge in [0.25, 0.3) is 5.91 Å². The van der Waals surface area contributed by atoms with Crippen molar-refractivity contribution in [3.63, 3.8) is 0 Å². The highest BCUT2D eigenvalue weighted by Gasteiger charge is 2.24. The van der Waals surface area contributed by atoms with Gasteiger partial charge in [-0.1, -0.05) is 32.6 Å². The van der Waals surface area contributed by atoms with Crippen molar-refractivity contribution in [2.24, 2.45) is 0 Å². The molecule has 3 aromatic rings. The summed E-state index contributed by atoms with van der Waals surface area (Å²) in [7, 11) is 0. The summed E-state index contributed by atoms with van der Waals surface area (Å²) in [6, 6.07) is 7.69. The number of carbonyl (C=O) groups excluding carboxylic acids is 2. The third-order valence-corrected chi connectivity index (χ3v) is 7.45. The molecular formula is C29H38N8O3. The number of aromatic nitrogens is 4. The summed E-state index contributed by atoms with van der Waals surface area (Å²) in [5.41, 5.74) is 3.32. The molecule has 0 radical (unpaired) electrons. The second kappa shape index (κ2) is 12.5. The zero-order valence-corrected chi connectivity index (χ0v) is 23.2. The average molecular weight is 547 g/mol. The molecule has 0 bridgehead atoms. The Morgan fingerprint density at radius 2 is 2.00 bits per heavy atom. The number of likely N-dealkylation sites (tertiary alicyclic amines) is 1. The molecule has 0 saturated carbocycles. The summed E-state index contributed by atoms with van der Waals surface area (Å²) in [6.45, 7) is 10.9. The van der Waals surface area contributed by atoms with Crippen LogP contribution in [0, 0.1) is 0 Å². The first-order valence-electron chi connectivity index (χ1n) is 14.1. The van der Waals surface area contributed by atoms with Crippen molar-refractivity contribution in [1.29, 1.82) is 0 Å². The number of carbonyl (C=O) groups is 2. The molecule has 0 unspecified atom stereocenters. The molecule has 1 aromatic carbocycles. The van der Waals surface area contributed by atoms with Crippen LogP contribution >= 0.6 is 0 Å². The Labute approximate surface area is 234 Å². The van der Waals surface area contributed by atoms with Crippen molar-refractivity contribution in [3.05, 3.63) is 59.8 Å². The minimum atomic E-state index is -0.152. The SMILES string of the molecule is C=CC(=O)N1CCC[C@H](NC(=O)c2cccc(CNc3nc(NC4CCOCC4)nc4c(C(C)C)cnn34)c2)C1. The molecular weight excluding hydrogens is 508 g/mol. The second-order valence-electron chi connectivity index (χ2n) is 10.7. The van der Waals surface area contributed by atoms with Gasteiger partial charge in [0.1, 0.15) is 0 Å². The summed E-state index contributed by atoms with van der Waals surface area (Å²) in [5, 5.41) is 14.5. The highest BCUT2D eigenvalue weighted by atomic mass is 16.5. The van der Waals surface area contributed by atoms with Gasteiger partial charge in [0, 0.05) is 56.1 Å². The minimum absolute atomic E-state index is 0.0853. The van der Waals surface area contributed by atoms with E-state index in [1.165, 1.54) is 6.08 Å². The molecule has 0 aliphatic carbocycles. The molecule has 2 aliphatic heterocycles. The molecule has 3 N–H and O–H groups in total. The monoisotopic (exact) mass is 546 g/mol. The average Bonchev–Trinajstić information content (AvgIpc) is 3.41. The summed E-state index contributed by atoms with van der Waals surface area (Å²) in [6.07, 6.45) is 6.67. The van der Waals surface area contributed by atoms with E-state index in [0.717, 1.165) is 55.7 Å². The van der Waals surface area contributed by atoms with Gasteiger partial charge in [-0.3, -0.25) is 9.59 Å². The third-order valence-electron chi connectivity index (χ3n) is 7.45. The Kier molecular flexibility index (Phi) is 8.59. The van der Waals surface area contributed by atoms with Crippen LogP contribution in [-0.2, 0) is 16.1 Å². The van der Waals surface area contributed by atoms with Gasteiger partial charge in [-0.05, 0) is 55.4 Å². The van der Waals surface area contributed by atoms with E-state index in [-0.39, 0.29) is 29.8 Å². The number of rotatable bonds is 9. The molecule has 40 heavy (non-hydrogen) atoms. The number of anilines is 2. The molecule has 5 rings (SSSR count). The number of fused-ring (bicyclic) bond motifs is 1. The highest BCUT2D eigenvalue weighted by molar-refractivity contribution is 5.94. The van der Waals surface area contributed by atoms with E-state index in [0.29, 0.717) is 37.1 Å². The molecule has 11 nitrogen and oxygen atoms in total. The Morgan fingerprint density at radius 3 is 2.77 bits per heavy atom. The standard InChI is InChI=1S/C29H38N8O3/c1-4-25(38)36-12-6-9-23(18-36)32-27(39)21-8-5-7-20(15-21)16-30-29-35-28(33-22-10-13-40-14-11-22)34-26-24(19(2)3)17-31-37(26)29/h4-5,7-8,15,17,19,22-23H,1,6,9-14,16,18H2,2-3H3,(H,32,39)(H2,30,33,34,35)/t23-/m0/s1. The van der Waals surface area contributed by atoms with Crippen LogP contribution in [0.25, 0.3) is 5.65 Å². The quantitative estimate of drug-likeness (QED) is 0.349. The van der Waals surface area contributed by atoms with E-state index in [4.69, 9.17) is 14.7 Å². The predicted octanol–water partition coefficient (Wildman–Crippen LogP) is 3.36. The van der Waals surface area contributed by atoms with E-state index in [1.807, 2.05) is 24.4 Å². The maximum atomic E-state index is 13.1. The number of nitrogens with zero attached hydrogens (tertiary/aromatic N) is 5. The van der Waals surface area contributed by atoms with E-state index >= 15 is 0 Å². The van der Waals surface area contributed by atoms with Crippen molar-refractivity contribution >= 4 is 29.4 Å². The summed E-state index contributed by atoms with van der Waals surface area (Å²) in [4.78, 5) is 36.3. The van der Waals surface area contributed by atoms with Gasteiger partial charge in [0.2, 0.25) is 17.8 Å². The fourth-order valence-corrected chi connectivity index (χ4v) is 5.20. The Hall–Kier alpha value is -3.99. The van der Waals surface area contributed by atoms with E-state index in [2.05, 4.69) is 41.5 Å². The number of ether oxygens (including phenoxy) is 1. The first-order chi connectivity index (χ1) is 19.4. The number of benzene rings is 1. The molecule has 2 amide bonds. The van der Waals surface area contributed by atoms with E-state index in [9.17, 15) is 9.59 Å². The van der Waals surface area contributed by atoms with Crippen LogP contribution in [0.1, 0.15) is 66.9 Å². The van der Waals surface area contributed by atoms with Crippen LogP contribution in [-0.4, -0.2) is 74.7 Å². The lowest BCUT2D eigenvalue weighted by atomic mass is 10.0. The minimum Gasteiger partial charge on any atom is -0.381 e. The summed E-state index contributed by atoms with van der Waals surface area (Å²) >= 11 is 0. The topological polar surface area (TPSA) is 126 Å². The molecule has 0 spiro atoms. The van der Waals surface area contributed by atoms with Gasteiger partial charge in [-0.15, -0.1) is 0 Å². The van der Waals surface area contributed by atoms with Gasteiger partial charge < -0.3 is 25.6 Å². The lowest BCUT2D eigenvalue weighted by Gasteiger charge is -2.32. The third kappa shape index (κ3) is 6.41. The molecule has 212 valence electrons. The molecule has 1 atom stereocenters. The molecule has 4 heterocycles. The Balaban J connectivity index is 1.29. The number of nitrogens with one attached hydrogen (secondary N) is 3. The zero-order chi connectivity index (χ0) is 28.1. The van der Waals surface area contributed by atoms with Crippen molar-refractivity contribution in [2.45, 2.75) is 64.1 Å². The fraction of sp³-hybridized carbons (Fsp3) is 0.483.